The van der Waals surface area contributed by atoms with Crippen molar-refractivity contribution in [1.29, 1.82) is 0 Å². The van der Waals surface area contributed by atoms with Gasteiger partial charge >= 0.3 is 6.09 Å². The Kier molecular flexibility index (Phi) is 301. The molecule has 74 valence electrons. The zero-order valence-corrected chi connectivity index (χ0v) is 7.18. The topological polar surface area (TPSA) is 107 Å². The third kappa shape index (κ3) is 2750. The number of carboxylic acid groups (broad SMARTS) is 1. The molecule has 0 spiro atoms. The van der Waals surface area contributed by atoms with Crippen LogP contribution in [0.1, 0.15) is 0 Å². The minimum absolute atomic E-state index is 0. The molecule has 1 amide bonds. The van der Waals surface area contributed by atoms with E-state index in [2.05, 4.69) is 45.3 Å². The SMILES string of the molecule is C=C.C=C.C=C.NNC(=O)O.O. The Morgan fingerprint density at radius 1 is 1.08 bits per heavy atom. The van der Waals surface area contributed by atoms with Gasteiger partial charge in [-0.1, -0.05) is 0 Å². The first kappa shape index (κ1) is 31.5. The third-order valence-electron chi connectivity index (χ3n) is 0.123. The Hall–Kier alpha value is -1.59. The van der Waals surface area contributed by atoms with Crippen molar-refractivity contribution in [3.63, 3.8) is 0 Å². The summed E-state index contributed by atoms with van der Waals surface area (Å²) in [5.74, 6) is 4.32. The summed E-state index contributed by atoms with van der Waals surface area (Å²) < 4.78 is 0. The van der Waals surface area contributed by atoms with E-state index in [0.717, 1.165) is 0 Å². The molecule has 0 saturated carbocycles. The van der Waals surface area contributed by atoms with Gasteiger partial charge < -0.3 is 10.6 Å². The molecular weight excluding hydrogens is 160 g/mol. The number of hydrogen-bond donors (Lipinski definition) is 3. The van der Waals surface area contributed by atoms with E-state index < -0.39 is 6.09 Å². The normalized spacial score (nSPS) is 3.75. The third-order valence-corrected chi connectivity index (χ3v) is 0.123. The summed E-state index contributed by atoms with van der Waals surface area (Å²) in [6, 6.07) is 0. The Bertz CT molecular complexity index is 74.3. The molecule has 5 nitrogen and oxygen atoms in total. The fraction of sp³-hybridized carbons (Fsp3) is 0. The molecule has 12 heavy (non-hydrogen) atoms. The maximum absolute atomic E-state index is 9.13. The molecule has 0 aliphatic heterocycles. The highest BCUT2D eigenvalue weighted by Crippen LogP contribution is 1.42. The number of amides is 1. The largest absolute Gasteiger partial charge is 0.464 e. The Morgan fingerprint density at radius 2 is 1.17 bits per heavy atom. The van der Waals surface area contributed by atoms with Crippen LogP contribution in [-0.2, 0) is 0 Å². The predicted molar refractivity (Wildman–Crippen MR) is 52.7 cm³/mol. The van der Waals surface area contributed by atoms with Gasteiger partial charge in [0.15, 0.2) is 0 Å². The molecule has 0 radical (unpaired) electrons. The van der Waals surface area contributed by atoms with Gasteiger partial charge in [-0.2, -0.15) is 0 Å². The highest BCUT2D eigenvalue weighted by Gasteiger charge is 1.77. The Labute approximate surface area is 73.2 Å². The molecule has 0 aromatic carbocycles. The summed E-state index contributed by atoms with van der Waals surface area (Å²) in [6.45, 7) is 18.0. The molecule has 0 unspecified atom stereocenters. The summed E-state index contributed by atoms with van der Waals surface area (Å²) in [4.78, 5) is 9.13. The number of rotatable bonds is 0. The zero-order valence-electron chi connectivity index (χ0n) is 7.18. The van der Waals surface area contributed by atoms with Crippen molar-refractivity contribution in [2.24, 2.45) is 5.84 Å². The van der Waals surface area contributed by atoms with Gasteiger partial charge in [-0.25, -0.2) is 10.6 Å². The van der Waals surface area contributed by atoms with Crippen LogP contribution in [0, 0.1) is 0 Å². The highest BCUT2D eigenvalue weighted by atomic mass is 16.4. The molecule has 0 fully saturated rings. The van der Waals surface area contributed by atoms with E-state index >= 15 is 0 Å². The van der Waals surface area contributed by atoms with E-state index in [1.807, 2.05) is 0 Å². The minimum Gasteiger partial charge on any atom is -0.464 e. The van der Waals surface area contributed by atoms with Crippen LogP contribution in [0.2, 0.25) is 0 Å². The second-order valence-corrected chi connectivity index (χ2v) is 0.449. The van der Waals surface area contributed by atoms with E-state index in [0.29, 0.717) is 0 Å². The standard InChI is InChI=1S/3C2H4.CH4N2O2.H2O/c3*1-2;2-3-1(4)5;/h3*1-2H2;3H,2H2,(H,4,5);1H2. The Morgan fingerprint density at radius 3 is 1.17 bits per heavy atom. The van der Waals surface area contributed by atoms with Gasteiger partial charge in [-0.3, -0.25) is 5.43 Å². The van der Waals surface area contributed by atoms with Gasteiger partial charge in [-0.05, 0) is 0 Å². The number of nitrogens with one attached hydrogen (secondary N) is 1. The summed E-state index contributed by atoms with van der Waals surface area (Å²) in [5, 5.41) is 7.49. The molecule has 0 saturated heterocycles. The van der Waals surface area contributed by atoms with Crippen molar-refractivity contribution in [3.8, 4) is 0 Å². The molecule has 5 heteroatoms. The molecule has 0 aliphatic rings. The van der Waals surface area contributed by atoms with Gasteiger partial charge in [0.05, 0.1) is 0 Å². The summed E-state index contributed by atoms with van der Waals surface area (Å²) >= 11 is 0. The average Bonchev–Trinajstić information content (AvgIpc) is 2.15. The molecule has 0 bridgehead atoms. The highest BCUT2D eigenvalue weighted by molar-refractivity contribution is 5.63. The van der Waals surface area contributed by atoms with Gasteiger partial charge in [0.25, 0.3) is 0 Å². The van der Waals surface area contributed by atoms with Gasteiger partial charge in [0.2, 0.25) is 0 Å². The minimum atomic E-state index is -1.22. The predicted octanol–water partition coefficient (Wildman–Crippen LogP) is 0.710. The lowest BCUT2D eigenvalue weighted by Gasteiger charge is -1.79. The first-order valence-corrected chi connectivity index (χ1v) is 2.47. The van der Waals surface area contributed by atoms with Crippen LogP contribution < -0.4 is 11.3 Å². The smallest absolute Gasteiger partial charge is 0.418 e. The Balaban J connectivity index is -0.0000000203. The molecular formula is C7H18N2O3. The monoisotopic (exact) mass is 178 g/mol. The second-order valence-electron chi connectivity index (χ2n) is 0.449. The van der Waals surface area contributed by atoms with Crippen LogP contribution >= 0.6 is 0 Å². The van der Waals surface area contributed by atoms with Crippen molar-refractivity contribution in [1.82, 2.24) is 5.43 Å². The quantitative estimate of drug-likeness (QED) is 0.220. The zero-order chi connectivity index (χ0) is 10.3. The van der Waals surface area contributed by atoms with Crippen LogP contribution in [0.3, 0.4) is 0 Å². The van der Waals surface area contributed by atoms with E-state index in [-0.39, 0.29) is 5.48 Å². The molecule has 6 N–H and O–H groups in total. The van der Waals surface area contributed by atoms with Gasteiger partial charge in [0, 0.05) is 0 Å². The summed E-state index contributed by atoms with van der Waals surface area (Å²) in [6.07, 6.45) is -1.22. The number of carbonyl (C=O) groups is 1. The van der Waals surface area contributed by atoms with Crippen LogP contribution in [0.4, 0.5) is 4.79 Å². The lowest BCUT2D eigenvalue weighted by Crippen LogP contribution is -2.27. The maximum Gasteiger partial charge on any atom is 0.418 e. The molecule has 0 heterocycles. The second kappa shape index (κ2) is 115. The molecule has 0 aromatic rings. The van der Waals surface area contributed by atoms with Crippen molar-refractivity contribution < 1.29 is 15.4 Å². The van der Waals surface area contributed by atoms with Crippen molar-refractivity contribution in [3.05, 3.63) is 39.5 Å². The van der Waals surface area contributed by atoms with E-state index in [4.69, 9.17) is 9.90 Å². The van der Waals surface area contributed by atoms with Crippen molar-refractivity contribution in [2.45, 2.75) is 0 Å². The fourth-order valence-electron chi connectivity index (χ4n) is 0. The molecule has 0 aliphatic carbocycles. The van der Waals surface area contributed by atoms with E-state index in [1.54, 1.807) is 0 Å². The van der Waals surface area contributed by atoms with Gasteiger partial charge in [-0.15, -0.1) is 39.5 Å². The van der Waals surface area contributed by atoms with Gasteiger partial charge in [0.1, 0.15) is 0 Å². The lowest BCUT2D eigenvalue weighted by molar-refractivity contribution is 0.194. The number of hydrazine groups is 1. The van der Waals surface area contributed by atoms with Crippen LogP contribution in [-0.4, -0.2) is 16.7 Å². The maximum atomic E-state index is 9.13. The number of hydrogen-bond acceptors (Lipinski definition) is 2. The average molecular weight is 178 g/mol. The lowest BCUT2D eigenvalue weighted by atomic mass is 11.3. The van der Waals surface area contributed by atoms with Crippen LogP contribution in [0.5, 0.6) is 0 Å². The summed E-state index contributed by atoms with van der Waals surface area (Å²) in [5.41, 5.74) is 1.44. The molecule has 0 aromatic heterocycles. The first-order valence-electron chi connectivity index (χ1n) is 2.47. The molecule has 0 atom stereocenters. The number of nitrogens with two attached hydrogens (primary N) is 1. The molecule has 0 rings (SSSR count). The van der Waals surface area contributed by atoms with E-state index in [9.17, 15) is 0 Å². The van der Waals surface area contributed by atoms with Crippen molar-refractivity contribution >= 4 is 6.09 Å². The fourth-order valence-corrected chi connectivity index (χ4v) is 0. The van der Waals surface area contributed by atoms with Crippen LogP contribution in [0.25, 0.3) is 0 Å². The van der Waals surface area contributed by atoms with E-state index in [1.165, 1.54) is 5.43 Å². The summed E-state index contributed by atoms with van der Waals surface area (Å²) in [7, 11) is 0. The van der Waals surface area contributed by atoms with Crippen molar-refractivity contribution in [2.75, 3.05) is 0 Å². The van der Waals surface area contributed by atoms with Crippen LogP contribution in [0.15, 0.2) is 39.5 Å². The first-order chi connectivity index (χ1) is 5.27.